The van der Waals surface area contributed by atoms with E-state index in [1.54, 1.807) is 0 Å². The number of carbonyl (C=O) groups excluding carboxylic acids is 1. The first-order valence-corrected chi connectivity index (χ1v) is 5.74. The number of nitrogens with zero attached hydrogens (tertiary/aromatic N) is 2. The summed E-state index contributed by atoms with van der Waals surface area (Å²) in [7, 11) is 1.87. The zero-order valence-corrected chi connectivity index (χ0v) is 11.2. The number of rotatable bonds is 3. The van der Waals surface area contributed by atoms with Crippen LogP contribution < -0.4 is 10.2 Å². The molecule has 1 rings (SSSR count). The maximum atomic E-state index is 11.7. The molecule has 1 amide bonds. The van der Waals surface area contributed by atoms with Gasteiger partial charge in [-0.25, -0.2) is 4.98 Å². The molecule has 0 aliphatic carbocycles. The van der Waals surface area contributed by atoms with Crippen molar-refractivity contribution in [2.45, 2.75) is 33.2 Å². The van der Waals surface area contributed by atoms with E-state index in [0.29, 0.717) is 6.54 Å². The highest BCUT2D eigenvalue weighted by atomic mass is 16.2. The zero-order chi connectivity index (χ0) is 13.1. The van der Waals surface area contributed by atoms with Gasteiger partial charge in [-0.1, -0.05) is 6.07 Å². The average Bonchev–Trinajstić information content (AvgIpc) is 2.14. The van der Waals surface area contributed by atoms with Crippen molar-refractivity contribution in [1.82, 2.24) is 10.3 Å². The molecule has 1 N–H and O–H groups in total. The Hall–Kier alpha value is -1.58. The Bertz CT molecular complexity index is 396. The average molecular weight is 235 g/mol. The molecule has 0 saturated carbocycles. The second-order valence-corrected chi connectivity index (χ2v) is 5.29. The molecule has 0 aromatic carbocycles. The lowest BCUT2D eigenvalue weighted by atomic mass is 10.1. The van der Waals surface area contributed by atoms with E-state index in [2.05, 4.69) is 10.3 Å². The quantitative estimate of drug-likeness (QED) is 0.868. The fraction of sp³-hybridized carbons (Fsp3) is 0.538. The minimum Gasteiger partial charge on any atom is -0.350 e. The van der Waals surface area contributed by atoms with Gasteiger partial charge in [0.25, 0.3) is 0 Å². The summed E-state index contributed by atoms with van der Waals surface area (Å²) in [6, 6.07) is 5.78. The third kappa shape index (κ3) is 4.85. The van der Waals surface area contributed by atoms with E-state index in [0.717, 1.165) is 11.5 Å². The van der Waals surface area contributed by atoms with Crippen LogP contribution >= 0.6 is 0 Å². The van der Waals surface area contributed by atoms with Crippen LogP contribution in [0.2, 0.25) is 0 Å². The minimum absolute atomic E-state index is 0.00306. The molecule has 1 heterocycles. The smallest absolute Gasteiger partial charge is 0.239 e. The van der Waals surface area contributed by atoms with Crippen LogP contribution in [0.15, 0.2) is 18.2 Å². The van der Waals surface area contributed by atoms with Crippen LogP contribution in [-0.4, -0.2) is 30.0 Å². The largest absolute Gasteiger partial charge is 0.350 e. The van der Waals surface area contributed by atoms with Crippen LogP contribution in [0.3, 0.4) is 0 Å². The van der Waals surface area contributed by atoms with Gasteiger partial charge >= 0.3 is 0 Å². The fourth-order valence-electron chi connectivity index (χ4n) is 1.50. The normalized spacial score (nSPS) is 11.1. The van der Waals surface area contributed by atoms with Gasteiger partial charge in [0, 0.05) is 18.3 Å². The first-order chi connectivity index (χ1) is 7.78. The Morgan fingerprint density at radius 1 is 1.41 bits per heavy atom. The highest BCUT2D eigenvalue weighted by Gasteiger charge is 2.15. The summed E-state index contributed by atoms with van der Waals surface area (Å²) in [4.78, 5) is 18.0. The van der Waals surface area contributed by atoms with Gasteiger partial charge in [-0.2, -0.15) is 0 Å². The van der Waals surface area contributed by atoms with E-state index in [4.69, 9.17) is 0 Å². The molecule has 0 spiro atoms. The number of anilines is 1. The van der Waals surface area contributed by atoms with Crippen molar-refractivity contribution in [2.24, 2.45) is 0 Å². The summed E-state index contributed by atoms with van der Waals surface area (Å²) < 4.78 is 0. The van der Waals surface area contributed by atoms with Gasteiger partial charge in [0.05, 0.1) is 6.54 Å². The van der Waals surface area contributed by atoms with Crippen molar-refractivity contribution in [2.75, 3.05) is 18.5 Å². The van der Waals surface area contributed by atoms with Crippen LogP contribution in [0.5, 0.6) is 0 Å². The van der Waals surface area contributed by atoms with Gasteiger partial charge in [-0.3, -0.25) is 4.79 Å². The van der Waals surface area contributed by atoms with Crippen LogP contribution in [0.1, 0.15) is 26.5 Å². The Balaban J connectivity index is 2.61. The molecule has 0 aliphatic rings. The van der Waals surface area contributed by atoms with Crippen molar-refractivity contribution in [3.8, 4) is 0 Å². The number of pyridine rings is 1. The number of hydrogen-bond donors (Lipinski definition) is 1. The molecule has 0 unspecified atom stereocenters. The second kappa shape index (κ2) is 5.17. The topological polar surface area (TPSA) is 45.2 Å². The number of amides is 1. The van der Waals surface area contributed by atoms with Crippen molar-refractivity contribution < 1.29 is 4.79 Å². The molecule has 0 bridgehead atoms. The molecule has 4 heteroatoms. The van der Waals surface area contributed by atoms with E-state index in [1.165, 1.54) is 0 Å². The number of aromatic nitrogens is 1. The van der Waals surface area contributed by atoms with Gasteiger partial charge in [0.2, 0.25) is 5.91 Å². The molecule has 0 fully saturated rings. The molecular weight excluding hydrogens is 214 g/mol. The summed E-state index contributed by atoms with van der Waals surface area (Å²) in [5.41, 5.74) is 0.753. The number of carbonyl (C=O) groups is 1. The highest BCUT2D eigenvalue weighted by molar-refractivity contribution is 5.81. The summed E-state index contributed by atoms with van der Waals surface area (Å²) in [6.45, 7) is 8.15. The SMILES string of the molecule is Cc1cccc(N(C)CC(=O)NC(C)(C)C)n1. The summed E-state index contributed by atoms with van der Waals surface area (Å²) in [5, 5.41) is 2.93. The Morgan fingerprint density at radius 2 is 2.06 bits per heavy atom. The summed E-state index contributed by atoms with van der Waals surface area (Å²) in [6.07, 6.45) is 0. The first kappa shape index (κ1) is 13.5. The van der Waals surface area contributed by atoms with E-state index in [1.807, 2.05) is 57.8 Å². The maximum absolute atomic E-state index is 11.7. The Kier molecular flexibility index (Phi) is 4.10. The van der Waals surface area contributed by atoms with Gasteiger partial charge in [-0.15, -0.1) is 0 Å². The van der Waals surface area contributed by atoms with Gasteiger partial charge in [0.15, 0.2) is 0 Å². The van der Waals surface area contributed by atoms with Crippen LogP contribution in [0.4, 0.5) is 5.82 Å². The van der Waals surface area contributed by atoms with E-state index < -0.39 is 0 Å². The van der Waals surface area contributed by atoms with Gasteiger partial charge < -0.3 is 10.2 Å². The predicted molar refractivity (Wildman–Crippen MR) is 70.1 cm³/mol. The lowest BCUT2D eigenvalue weighted by Crippen LogP contribution is -2.45. The lowest BCUT2D eigenvalue weighted by molar-refractivity contribution is -0.121. The van der Waals surface area contributed by atoms with Gasteiger partial charge in [0.1, 0.15) is 5.82 Å². The third-order valence-electron chi connectivity index (χ3n) is 2.16. The van der Waals surface area contributed by atoms with Crippen LogP contribution in [0, 0.1) is 6.92 Å². The summed E-state index contributed by atoms with van der Waals surface area (Å²) in [5.74, 6) is 0.817. The Morgan fingerprint density at radius 3 is 2.59 bits per heavy atom. The molecule has 17 heavy (non-hydrogen) atoms. The van der Waals surface area contributed by atoms with Crippen molar-refractivity contribution in [3.05, 3.63) is 23.9 Å². The lowest BCUT2D eigenvalue weighted by Gasteiger charge is -2.24. The molecule has 94 valence electrons. The van der Waals surface area contributed by atoms with E-state index in [-0.39, 0.29) is 11.4 Å². The minimum atomic E-state index is -0.196. The van der Waals surface area contributed by atoms with Crippen molar-refractivity contribution in [1.29, 1.82) is 0 Å². The molecule has 1 aromatic rings. The molecule has 0 aliphatic heterocycles. The van der Waals surface area contributed by atoms with Crippen LogP contribution in [0.25, 0.3) is 0 Å². The van der Waals surface area contributed by atoms with Crippen LogP contribution in [-0.2, 0) is 4.79 Å². The number of nitrogens with one attached hydrogen (secondary N) is 1. The molecular formula is C13H21N3O. The predicted octanol–water partition coefficient (Wildman–Crippen LogP) is 1.74. The number of aryl methyl sites for hydroxylation is 1. The van der Waals surface area contributed by atoms with Gasteiger partial charge in [-0.05, 0) is 39.8 Å². The van der Waals surface area contributed by atoms with Crippen molar-refractivity contribution >= 4 is 11.7 Å². The maximum Gasteiger partial charge on any atom is 0.239 e. The fourth-order valence-corrected chi connectivity index (χ4v) is 1.50. The van der Waals surface area contributed by atoms with E-state index in [9.17, 15) is 4.79 Å². The zero-order valence-electron chi connectivity index (χ0n) is 11.2. The molecule has 1 aromatic heterocycles. The summed E-state index contributed by atoms with van der Waals surface area (Å²) >= 11 is 0. The molecule has 0 atom stereocenters. The molecule has 0 saturated heterocycles. The monoisotopic (exact) mass is 235 g/mol. The number of likely N-dealkylation sites (N-methyl/N-ethyl adjacent to an activating group) is 1. The van der Waals surface area contributed by atoms with E-state index >= 15 is 0 Å². The standard InChI is InChI=1S/C13H21N3O/c1-10-7-6-8-11(14-10)16(5)9-12(17)15-13(2,3)4/h6-8H,9H2,1-5H3,(H,15,17). The first-order valence-electron chi connectivity index (χ1n) is 5.74. The Labute approximate surface area is 103 Å². The molecule has 0 radical (unpaired) electrons. The second-order valence-electron chi connectivity index (χ2n) is 5.29. The number of hydrogen-bond acceptors (Lipinski definition) is 3. The third-order valence-corrected chi connectivity index (χ3v) is 2.16. The molecule has 4 nitrogen and oxygen atoms in total. The van der Waals surface area contributed by atoms with Crippen molar-refractivity contribution in [3.63, 3.8) is 0 Å². The highest BCUT2D eigenvalue weighted by Crippen LogP contribution is 2.09.